The van der Waals surface area contributed by atoms with E-state index in [1.165, 1.54) is 180 Å². The first-order chi connectivity index (χ1) is 45.6. The van der Waals surface area contributed by atoms with Crippen molar-refractivity contribution in [3.05, 3.63) is 0 Å². The summed E-state index contributed by atoms with van der Waals surface area (Å²) in [5.41, 5.74) is 0. The van der Waals surface area contributed by atoms with Gasteiger partial charge in [0.25, 0.3) is 0 Å². The molecule has 0 aromatic carbocycles. The van der Waals surface area contributed by atoms with Gasteiger partial charge < -0.3 is 33.8 Å². The van der Waals surface area contributed by atoms with Crippen molar-refractivity contribution in [3.63, 3.8) is 0 Å². The number of aliphatic hydroxyl groups excluding tert-OH is 1. The molecule has 0 aromatic rings. The lowest BCUT2D eigenvalue weighted by atomic mass is 10.0. The van der Waals surface area contributed by atoms with Crippen LogP contribution >= 0.6 is 15.6 Å². The van der Waals surface area contributed by atoms with Gasteiger partial charge in [0.05, 0.1) is 26.4 Å². The van der Waals surface area contributed by atoms with Gasteiger partial charge in [-0.1, -0.05) is 331 Å². The van der Waals surface area contributed by atoms with Gasteiger partial charge in [-0.3, -0.25) is 37.3 Å². The zero-order valence-corrected chi connectivity index (χ0v) is 64.1. The number of esters is 4. The number of hydrogen-bond acceptors (Lipinski definition) is 15. The van der Waals surface area contributed by atoms with E-state index in [0.29, 0.717) is 37.5 Å². The minimum Gasteiger partial charge on any atom is -0.462 e. The second-order valence-electron chi connectivity index (χ2n) is 29.3. The molecular weight excluding hydrogens is 1250 g/mol. The standard InChI is InChI=1S/C76H148O17P2/c1-66(2)52-44-36-28-24-20-16-12-9-10-14-18-22-26-30-40-48-56-73(78)86-62-71(92-75(80)58-50-42-31-27-23-19-15-11-13-17-21-25-29-37-45-53-67(3)4)64-90-94(82,83)88-60-70(77)61-89-95(84,85)91-65-72(93-76(81)59-51-43-35-33-39-47-55-69(7)8)63-87-74(79)57-49-41-34-32-38-46-54-68(5)6/h66-72,77H,9-65H2,1-8H3,(H,82,83)(H,84,85)/t70-,71-,72-/m1/s1. The van der Waals surface area contributed by atoms with E-state index >= 15 is 0 Å². The summed E-state index contributed by atoms with van der Waals surface area (Å²) in [7, 11) is -9.91. The molecule has 0 spiro atoms. The van der Waals surface area contributed by atoms with Gasteiger partial charge in [0.1, 0.15) is 19.3 Å². The molecule has 564 valence electrons. The number of ether oxygens (including phenoxy) is 4. The van der Waals surface area contributed by atoms with Gasteiger partial charge >= 0.3 is 39.5 Å². The predicted molar refractivity (Wildman–Crippen MR) is 386 cm³/mol. The molecule has 0 rings (SSSR count). The first kappa shape index (κ1) is 93.1. The van der Waals surface area contributed by atoms with Crippen molar-refractivity contribution in [3.8, 4) is 0 Å². The molecule has 3 N–H and O–H groups in total. The smallest absolute Gasteiger partial charge is 0.462 e. The number of carbonyl (C=O) groups is 4. The molecule has 0 radical (unpaired) electrons. The van der Waals surface area contributed by atoms with Crippen molar-refractivity contribution in [1.29, 1.82) is 0 Å². The molecule has 19 heteroatoms. The third-order valence-corrected chi connectivity index (χ3v) is 19.5. The van der Waals surface area contributed by atoms with E-state index in [2.05, 4.69) is 55.4 Å². The molecule has 95 heavy (non-hydrogen) atoms. The van der Waals surface area contributed by atoms with Gasteiger partial charge in [-0.15, -0.1) is 0 Å². The number of phosphoric acid groups is 2. The number of hydrogen-bond donors (Lipinski definition) is 3. The third kappa shape index (κ3) is 70.3. The number of carbonyl (C=O) groups excluding carboxylic acids is 4. The van der Waals surface area contributed by atoms with Crippen LogP contribution in [0.4, 0.5) is 0 Å². The van der Waals surface area contributed by atoms with Crippen LogP contribution in [0, 0.1) is 23.7 Å². The fraction of sp³-hybridized carbons (Fsp3) is 0.947. The second-order valence-corrected chi connectivity index (χ2v) is 32.2. The first-order valence-electron chi connectivity index (χ1n) is 39.2. The van der Waals surface area contributed by atoms with E-state index in [1.807, 2.05) is 0 Å². The van der Waals surface area contributed by atoms with E-state index in [9.17, 15) is 43.2 Å². The Morgan fingerprint density at radius 3 is 0.653 bits per heavy atom. The van der Waals surface area contributed by atoms with Gasteiger partial charge in [0.2, 0.25) is 0 Å². The Labute approximate surface area is 581 Å². The Kier molecular flexibility index (Phi) is 64.0. The minimum absolute atomic E-state index is 0.101. The maximum atomic E-state index is 13.1. The van der Waals surface area contributed by atoms with E-state index < -0.39 is 97.5 Å². The summed E-state index contributed by atoms with van der Waals surface area (Å²) in [4.78, 5) is 72.7. The molecule has 17 nitrogen and oxygen atoms in total. The molecule has 0 aliphatic rings. The van der Waals surface area contributed by atoms with Gasteiger partial charge in [0.15, 0.2) is 12.2 Å². The van der Waals surface area contributed by atoms with Crippen molar-refractivity contribution in [2.45, 2.75) is 401 Å². The van der Waals surface area contributed by atoms with Crippen LogP contribution in [0.2, 0.25) is 0 Å². The minimum atomic E-state index is -4.96. The molecule has 0 aliphatic carbocycles. The molecule has 0 bridgehead atoms. The van der Waals surface area contributed by atoms with Crippen LogP contribution in [0.15, 0.2) is 0 Å². The number of unbranched alkanes of at least 4 members (excludes halogenated alkanes) is 39. The highest BCUT2D eigenvalue weighted by atomic mass is 31.2. The summed E-state index contributed by atoms with van der Waals surface area (Å²) in [5.74, 6) is 0.836. The van der Waals surface area contributed by atoms with Crippen LogP contribution in [0.1, 0.15) is 383 Å². The SMILES string of the molecule is CC(C)CCCCCCCCCCCCCCCCCCC(=O)OC[C@H](COP(=O)(O)OC[C@@H](O)COP(=O)(O)OC[C@@H](COC(=O)CCCCCCCCC(C)C)OC(=O)CCCCCCCCC(C)C)OC(=O)CCCCCCCCCCCCCCCCCC(C)C. The third-order valence-electron chi connectivity index (χ3n) is 17.6. The first-order valence-corrected chi connectivity index (χ1v) is 42.2. The van der Waals surface area contributed by atoms with Crippen LogP contribution < -0.4 is 0 Å². The molecule has 0 saturated carbocycles. The fourth-order valence-corrected chi connectivity index (χ4v) is 13.1. The molecule has 0 saturated heterocycles. The summed E-state index contributed by atoms with van der Waals surface area (Å²) in [5, 5.41) is 10.6. The van der Waals surface area contributed by atoms with E-state index in [4.69, 9.17) is 37.0 Å². The highest BCUT2D eigenvalue weighted by Crippen LogP contribution is 2.45. The molecule has 0 amide bonds. The largest absolute Gasteiger partial charge is 0.472 e. The maximum Gasteiger partial charge on any atom is 0.472 e. The average molecular weight is 1400 g/mol. The molecule has 0 fully saturated rings. The number of aliphatic hydroxyl groups is 1. The van der Waals surface area contributed by atoms with E-state index in [0.717, 1.165) is 108 Å². The summed E-state index contributed by atoms with van der Waals surface area (Å²) >= 11 is 0. The highest BCUT2D eigenvalue weighted by Gasteiger charge is 2.30. The van der Waals surface area contributed by atoms with Gasteiger partial charge in [-0.25, -0.2) is 9.13 Å². The zero-order chi connectivity index (χ0) is 70.3. The number of phosphoric ester groups is 2. The van der Waals surface area contributed by atoms with Gasteiger partial charge in [-0.2, -0.15) is 0 Å². The fourth-order valence-electron chi connectivity index (χ4n) is 11.6. The molecule has 2 unspecified atom stereocenters. The van der Waals surface area contributed by atoms with E-state index in [1.54, 1.807) is 0 Å². The molecule has 5 atom stereocenters. The lowest BCUT2D eigenvalue weighted by Crippen LogP contribution is -2.30. The number of rotatable bonds is 73. The lowest BCUT2D eigenvalue weighted by Gasteiger charge is -2.21. The predicted octanol–water partition coefficient (Wildman–Crippen LogP) is 22.0. The second kappa shape index (κ2) is 65.4. The van der Waals surface area contributed by atoms with Crippen LogP contribution in [0.25, 0.3) is 0 Å². The highest BCUT2D eigenvalue weighted by molar-refractivity contribution is 7.47. The Morgan fingerprint density at radius 1 is 0.263 bits per heavy atom. The Hall–Kier alpha value is -1.94. The van der Waals surface area contributed by atoms with Crippen LogP contribution in [0.5, 0.6) is 0 Å². The van der Waals surface area contributed by atoms with Crippen molar-refractivity contribution in [2.75, 3.05) is 39.6 Å². The lowest BCUT2D eigenvalue weighted by molar-refractivity contribution is -0.161. The topological polar surface area (TPSA) is 237 Å². The molecule has 0 aliphatic heterocycles. The van der Waals surface area contributed by atoms with Crippen molar-refractivity contribution < 1.29 is 80.2 Å². The van der Waals surface area contributed by atoms with E-state index in [-0.39, 0.29) is 25.7 Å². The Bertz CT molecular complexity index is 1870. The Balaban J connectivity index is 5.19. The normalized spacial score (nSPS) is 14.1. The van der Waals surface area contributed by atoms with Crippen molar-refractivity contribution >= 4 is 39.5 Å². The van der Waals surface area contributed by atoms with Crippen molar-refractivity contribution in [1.82, 2.24) is 0 Å². The molecule has 0 aromatic heterocycles. The van der Waals surface area contributed by atoms with Gasteiger partial charge in [0, 0.05) is 25.7 Å². The quantitative estimate of drug-likeness (QED) is 0.0222. The van der Waals surface area contributed by atoms with Crippen LogP contribution in [-0.2, 0) is 65.4 Å². The van der Waals surface area contributed by atoms with Crippen LogP contribution in [-0.4, -0.2) is 96.7 Å². The molecule has 0 heterocycles. The maximum absolute atomic E-state index is 13.1. The molecular formula is C76H148O17P2. The summed E-state index contributed by atoms with van der Waals surface area (Å²) < 4.78 is 68.4. The Morgan fingerprint density at radius 2 is 0.442 bits per heavy atom. The zero-order valence-electron chi connectivity index (χ0n) is 62.3. The monoisotopic (exact) mass is 1400 g/mol. The summed E-state index contributed by atoms with van der Waals surface area (Å²) in [6.45, 7) is 14.1. The average Bonchev–Trinajstić information content (AvgIpc) is 1.66. The summed E-state index contributed by atoms with van der Waals surface area (Å²) in [6.07, 6.45) is 50.4. The van der Waals surface area contributed by atoms with Crippen molar-refractivity contribution in [2.24, 2.45) is 23.7 Å². The van der Waals surface area contributed by atoms with Gasteiger partial charge in [-0.05, 0) is 49.4 Å². The summed E-state index contributed by atoms with van der Waals surface area (Å²) in [6, 6.07) is 0. The van der Waals surface area contributed by atoms with Crippen LogP contribution in [0.3, 0.4) is 0 Å².